The number of carbonyl (C=O) groups excluding carboxylic acids is 1. The lowest BCUT2D eigenvalue weighted by molar-refractivity contribution is -0.143. The zero-order valence-electron chi connectivity index (χ0n) is 13.5. The summed E-state index contributed by atoms with van der Waals surface area (Å²) >= 11 is 0. The third-order valence-electron chi connectivity index (χ3n) is 4.00. The number of ether oxygens (including phenoxy) is 1. The first kappa shape index (κ1) is 19.5. The highest BCUT2D eigenvalue weighted by atomic mass is 19.4. The van der Waals surface area contributed by atoms with Crippen LogP contribution in [0.3, 0.4) is 0 Å². The van der Waals surface area contributed by atoms with E-state index >= 15 is 0 Å². The highest BCUT2D eigenvalue weighted by Crippen LogP contribution is 2.38. The van der Waals surface area contributed by atoms with Crippen molar-refractivity contribution in [3.05, 3.63) is 46.5 Å². The highest BCUT2D eigenvalue weighted by Gasteiger charge is 2.37. The van der Waals surface area contributed by atoms with Gasteiger partial charge < -0.3 is 4.74 Å². The molecule has 0 saturated heterocycles. The molecule has 1 aromatic carbocycles. The summed E-state index contributed by atoms with van der Waals surface area (Å²) in [6.45, 7) is 2.77. The van der Waals surface area contributed by atoms with Crippen LogP contribution in [0.4, 0.5) is 26.3 Å². The smallest absolute Gasteiger partial charge is 0.366 e. The highest BCUT2D eigenvalue weighted by molar-refractivity contribution is 5.93. The number of hydrogen-bond acceptors (Lipinski definition) is 2. The number of rotatable bonds is 4. The van der Waals surface area contributed by atoms with E-state index in [1.807, 2.05) is 0 Å². The van der Waals surface area contributed by atoms with Gasteiger partial charge in [0.2, 0.25) is 0 Å². The number of allylic oxidation sites excluding steroid dienone is 1. The van der Waals surface area contributed by atoms with Crippen LogP contribution >= 0.6 is 0 Å². The molecule has 8 heteroatoms. The second-order valence-electron chi connectivity index (χ2n) is 5.94. The molecule has 2 atom stereocenters. The van der Waals surface area contributed by atoms with E-state index in [-0.39, 0.29) is 17.4 Å². The Balaban J connectivity index is 2.30. The van der Waals surface area contributed by atoms with Crippen molar-refractivity contribution in [2.75, 3.05) is 0 Å². The SMILES string of the molecule is CC(=O)C1=CC(O[C@H](C)c2cc(C(F)(F)F)cc(C(F)(F)F)c2)CC1. The van der Waals surface area contributed by atoms with Crippen LogP contribution in [0.5, 0.6) is 0 Å². The van der Waals surface area contributed by atoms with Gasteiger partial charge in [0.1, 0.15) is 0 Å². The van der Waals surface area contributed by atoms with Crippen LogP contribution in [0, 0.1) is 0 Å². The standard InChI is InChI=1S/C17H16F6O2/c1-9(24)11-3-4-15(7-11)25-10(2)12-5-13(16(18,19)20)8-14(6-12)17(21,22)23/h5-8,10,15H,3-4H2,1-2H3/t10-,15?/m1/s1. The maximum Gasteiger partial charge on any atom is 0.416 e. The van der Waals surface area contributed by atoms with Gasteiger partial charge in [-0.3, -0.25) is 4.79 Å². The first-order valence-corrected chi connectivity index (χ1v) is 7.54. The van der Waals surface area contributed by atoms with Gasteiger partial charge in [-0.1, -0.05) is 0 Å². The zero-order chi connectivity index (χ0) is 19.0. The molecule has 1 aromatic rings. The minimum Gasteiger partial charge on any atom is -0.366 e. The quantitative estimate of drug-likeness (QED) is 0.660. The average molecular weight is 366 g/mol. The largest absolute Gasteiger partial charge is 0.416 e. The normalized spacial score (nSPS) is 19.7. The molecule has 0 aliphatic heterocycles. The van der Waals surface area contributed by atoms with Gasteiger partial charge >= 0.3 is 12.4 Å². The Kier molecular flexibility index (Phi) is 5.32. The van der Waals surface area contributed by atoms with Crippen molar-refractivity contribution in [3.63, 3.8) is 0 Å². The Morgan fingerprint density at radius 2 is 1.60 bits per heavy atom. The summed E-state index contributed by atoms with van der Waals surface area (Å²) in [5.74, 6) is -0.128. The molecule has 1 unspecified atom stereocenters. The second kappa shape index (κ2) is 6.82. The molecule has 0 amide bonds. The van der Waals surface area contributed by atoms with Crippen LogP contribution in [0.15, 0.2) is 29.8 Å². The number of carbonyl (C=O) groups is 1. The summed E-state index contributed by atoms with van der Waals surface area (Å²) in [6.07, 6.45) is -8.80. The average Bonchev–Trinajstić information content (AvgIpc) is 2.93. The van der Waals surface area contributed by atoms with Gasteiger partial charge in [0.05, 0.1) is 23.3 Å². The number of alkyl halides is 6. The molecule has 0 spiro atoms. The van der Waals surface area contributed by atoms with Crippen LogP contribution in [-0.2, 0) is 21.9 Å². The molecular weight excluding hydrogens is 350 g/mol. The molecule has 0 N–H and O–H groups in total. The summed E-state index contributed by atoms with van der Waals surface area (Å²) in [6, 6.07) is 1.40. The van der Waals surface area contributed by atoms with Crippen molar-refractivity contribution in [3.8, 4) is 0 Å². The van der Waals surface area contributed by atoms with E-state index in [1.165, 1.54) is 13.8 Å². The van der Waals surface area contributed by atoms with Gasteiger partial charge in [-0.05, 0) is 62.1 Å². The Morgan fingerprint density at radius 1 is 1.08 bits per heavy atom. The van der Waals surface area contributed by atoms with Gasteiger partial charge in [-0.15, -0.1) is 0 Å². The summed E-state index contributed by atoms with van der Waals surface area (Å²) < 4.78 is 82.9. The van der Waals surface area contributed by atoms with Crippen molar-refractivity contribution in [2.45, 2.75) is 51.2 Å². The fraction of sp³-hybridized carbons (Fsp3) is 0.471. The van der Waals surface area contributed by atoms with Crippen molar-refractivity contribution >= 4 is 5.78 Å². The lowest BCUT2D eigenvalue weighted by Crippen LogP contribution is -2.15. The zero-order valence-corrected chi connectivity index (χ0v) is 13.5. The molecule has 25 heavy (non-hydrogen) atoms. The molecule has 0 aromatic heterocycles. The molecule has 138 valence electrons. The molecule has 0 radical (unpaired) electrons. The first-order valence-electron chi connectivity index (χ1n) is 7.54. The summed E-state index contributed by atoms with van der Waals surface area (Å²) in [7, 11) is 0. The first-order chi connectivity index (χ1) is 11.4. The molecule has 0 heterocycles. The predicted octanol–water partition coefficient (Wildman–Crippen LogP) is 5.48. The molecular formula is C17H16F6O2. The van der Waals surface area contributed by atoms with Gasteiger partial charge in [0.25, 0.3) is 0 Å². The van der Waals surface area contributed by atoms with Gasteiger partial charge in [0.15, 0.2) is 5.78 Å². The number of halogens is 6. The number of benzene rings is 1. The molecule has 0 saturated carbocycles. The third kappa shape index (κ3) is 4.84. The Hall–Kier alpha value is -1.83. The topological polar surface area (TPSA) is 26.3 Å². The van der Waals surface area contributed by atoms with E-state index in [2.05, 4.69) is 0 Å². The third-order valence-corrected chi connectivity index (χ3v) is 4.00. The molecule has 0 bridgehead atoms. The van der Waals surface area contributed by atoms with E-state index in [4.69, 9.17) is 4.74 Å². The Labute approximate surface area is 140 Å². The minimum absolute atomic E-state index is 0.0829. The van der Waals surface area contributed by atoms with Crippen LogP contribution in [0.25, 0.3) is 0 Å². The van der Waals surface area contributed by atoms with Crippen LogP contribution in [0.1, 0.15) is 49.5 Å². The van der Waals surface area contributed by atoms with Crippen molar-refractivity contribution in [1.82, 2.24) is 0 Å². The van der Waals surface area contributed by atoms with Crippen LogP contribution in [-0.4, -0.2) is 11.9 Å². The fourth-order valence-electron chi connectivity index (χ4n) is 2.64. The predicted molar refractivity (Wildman–Crippen MR) is 77.7 cm³/mol. The molecule has 2 rings (SSSR count). The second-order valence-corrected chi connectivity index (χ2v) is 5.94. The molecule has 1 aliphatic carbocycles. The van der Waals surface area contributed by atoms with Gasteiger partial charge in [0, 0.05) is 0 Å². The fourth-order valence-corrected chi connectivity index (χ4v) is 2.64. The van der Waals surface area contributed by atoms with Gasteiger partial charge in [-0.25, -0.2) is 0 Å². The van der Waals surface area contributed by atoms with E-state index in [1.54, 1.807) is 6.08 Å². The van der Waals surface area contributed by atoms with Crippen molar-refractivity contribution in [1.29, 1.82) is 0 Å². The lowest BCUT2D eigenvalue weighted by Gasteiger charge is -2.20. The summed E-state index contributed by atoms with van der Waals surface area (Å²) in [4.78, 5) is 11.3. The monoisotopic (exact) mass is 366 g/mol. The Morgan fingerprint density at radius 3 is 2.00 bits per heavy atom. The van der Waals surface area contributed by atoms with Crippen molar-refractivity contribution < 1.29 is 35.9 Å². The van der Waals surface area contributed by atoms with E-state index in [0.717, 1.165) is 0 Å². The maximum atomic E-state index is 12.9. The van der Waals surface area contributed by atoms with Gasteiger partial charge in [-0.2, -0.15) is 26.3 Å². The molecule has 1 aliphatic rings. The number of ketones is 1. The van der Waals surface area contributed by atoms with Crippen molar-refractivity contribution in [2.24, 2.45) is 0 Å². The lowest BCUT2D eigenvalue weighted by atomic mass is 10.0. The maximum absolute atomic E-state index is 12.9. The van der Waals surface area contributed by atoms with E-state index in [0.29, 0.717) is 30.5 Å². The molecule has 2 nitrogen and oxygen atoms in total. The summed E-state index contributed by atoms with van der Waals surface area (Å²) in [5.41, 5.74) is -2.41. The minimum atomic E-state index is -4.90. The van der Waals surface area contributed by atoms with Crippen LogP contribution < -0.4 is 0 Å². The van der Waals surface area contributed by atoms with E-state index < -0.39 is 35.7 Å². The Bertz CT molecular complexity index is 655. The number of Topliss-reactive ketones (excluding diaryl/α,β-unsaturated/α-hetero) is 1. The van der Waals surface area contributed by atoms with Crippen LogP contribution in [0.2, 0.25) is 0 Å². The summed E-state index contributed by atoms with van der Waals surface area (Å²) in [5, 5.41) is 0. The molecule has 0 fully saturated rings. The number of hydrogen-bond donors (Lipinski definition) is 0. The van der Waals surface area contributed by atoms with E-state index in [9.17, 15) is 31.1 Å².